The molecule has 2 aliphatic heterocycles. The molecule has 2 saturated heterocycles. The fourth-order valence-corrected chi connectivity index (χ4v) is 2.75. The summed E-state index contributed by atoms with van der Waals surface area (Å²) in [5, 5.41) is 13.2. The van der Waals surface area contributed by atoms with Gasteiger partial charge in [0.15, 0.2) is 0 Å². The Bertz CT molecular complexity index is 274. The third-order valence-corrected chi connectivity index (χ3v) is 3.74. The van der Waals surface area contributed by atoms with Crippen LogP contribution in [0.5, 0.6) is 0 Å². The van der Waals surface area contributed by atoms with Crippen molar-refractivity contribution in [3.63, 3.8) is 0 Å². The van der Waals surface area contributed by atoms with E-state index in [4.69, 9.17) is 0 Å². The van der Waals surface area contributed by atoms with Gasteiger partial charge in [0.05, 0.1) is 5.60 Å². The summed E-state index contributed by atoms with van der Waals surface area (Å²) in [6.07, 6.45) is 2.57. The first kappa shape index (κ1) is 11.9. The summed E-state index contributed by atoms with van der Waals surface area (Å²) >= 11 is 0. The van der Waals surface area contributed by atoms with Crippen molar-refractivity contribution >= 4 is 5.91 Å². The Hall–Kier alpha value is -0.610. The third kappa shape index (κ3) is 2.55. The van der Waals surface area contributed by atoms with Gasteiger partial charge in [-0.05, 0) is 39.7 Å². The van der Waals surface area contributed by atoms with Crippen LogP contribution in [-0.4, -0.2) is 47.2 Å². The Kier molecular flexibility index (Phi) is 3.22. The van der Waals surface area contributed by atoms with Crippen molar-refractivity contribution in [1.29, 1.82) is 0 Å². The van der Waals surface area contributed by atoms with Crippen molar-refractivity contribution in [2.24, 2.45) is 5.92 Å². The average molecular weight is 226 g/mol. The number of nitrogens with zero attached hydrogens (tertiary/aromatic N) is 1. The second-order valence-electron chi connectivity index (χ2n) is 5.58. The number of hydrogen-bond donors (Lipinski definition) is 2. The van der Waals surface area contributed by atoms with Gasteiger partial charge in [-0.2, -0.15) is 0 Å². The number of rotatable bonds is 1. The maximum Gasteiger partial charge on any atom is 0.225 e. The molecule has 3 unspecified atom stereocenters. The summed E-state index contributed by atoms with van der Waals surface area (Å²) in [5.41, 5.74) is -0.672. The SMILES string of the molecule is CC1CC(C(=O)N2CCC(C)(O)C2)CCN1. The van der Waals surface area contributed by atoms with Gasteiger partial charge in [-0.15, -0.1) is 0 Å². The van der Waals surface area contributed by atoms with Gasteiger partial charge in [0.1, 0.15) is 0 Å². The molecule has 92 valence electrons. The minimum Gasteiger partial charge on any atom is -0.388 e. The molecule has 0 aliphatic carbocycles. The maximum atomic E-state index is 12.2. The van der Waals surface area contributed by atoms with E-state index in [1.807, 2.05) is 11.8 Å². The predicted octanol–water partition coefficient (Wildman–Crippen LogP) is 0.358. The Labute approximate surface area is 97.0 Å². The van der Waals surface area contributed by atoms with Crippen LogP contribution < -0.4 is 5.32 Å². The van der Waals surface area contributed by atoms with Crippen LogP contribution in [0, 0.1) is 5.92 Å². The van der Waals surface area contributed by atoms with Gasteiger partial charge in [0, 0.05) is 25.0 Å². The van der Waals surface area contributed by atoms with E-state index in [0.29, 0.717) is 25.6 Å². The van der Waals surface area contributed by atoms with Gasteiger partial charge in [-0.25, -0.2) is 0 Å². The highest BCUT2D eigenvalue weighted by molar-refractivity contribution is 5.79. The number of aliphatic hydroxyl groups is 1. The quantitative estimate of drug-likeness (QED) is 0.678. The summed E-state index contributed by atoms with van der Waals surface area (Å²) in [5.74, 6) is 0.399. The van der Waals surface area contributed by atoms with Crippen LogP contribution in [0.25, 0.3) is 0 Å². The van der Waals surface area contributed by atoms with E-state index in [-0.39, 0.29) is 11.8 Å². The lowest BCUT2D eigenvalue weighted by Crippen LogP contribution is -2.44. The predicted molar refractivity (Wildman–Crippen MR) is 62.0 cm³/mol. The number of likely N-dealkylation sites (tertiary alicyclic amines) is 1. The second-order valence-corrected chi connectivity index (χ2v) is 5.58. The third-order valence-electron chi connectivity index (χ3n) is 3.74. The normalized spacial score (nSPS) is 40.1. The molecular formula is C12H22N2O2. The summed E-state index contributed by atoms with van der Waals surface area (Å²) in [7, 11) is 0. The highest BCUT2D eigenvalue weighted by atomic mass is 16.3. The molecule has 2 fully saturated rings. The average Bonchev–Trinajstić information content (AvgIpc) is 2.58. The van der Waals surface area contributed by atoms with Crippen LogP contribution in [0.15, 0.2) is 0 Å². The van der Waals surface area contributed by atoms with E-state index in [2.05, 4.69) is 12.2 Å². The molecule has 0 aromatic heterocycles. The molecule has 4 heteroatoms. The number of nitrogens with one attached hydrogen (secondary N) is 1. The zero-order valence-electron chi connectivity index (χ0n) is 10.2. The topological polar surface area (TPSA) is 52.6 Å². The molecule has 0 aromatic rings. The molecular weight excluding hydrogens is 204 g/mol. The Balaban J connectivity index is 1.92. The fraction of sp³-hybridized carbons (Fsp3) is 0.917. The Morgan fingerprint density at radius 3 is 2.88 bits per heavy atom. The van der Waals surface area contributed by atoms with E-state index in [1.165, 1.54) is 0 Å². The monoisotopic (exact) mass is 226 g/mol. The molecule has 16 heavy (non-hydrogen) atoms. The maximum absolute atomic E-state index is 12.2. The highest BCUT2D eigenvalue weighted by Gasteiger charge is 2.37. The lowest BCUT2D eigenvalue weighted by molar-refractivity contribution is -0.136. The summed E-state index contributed by atoms with van der Waals surface area (Å²) < 4.78 is 0. The molecule has 3 atom stereocenters. The largest absolute Gasteiger partial charge is 0.388 e. The lowest BCUT2D eigenvalue weighted by atomic mass is 9.92. The zero-order valence-corrected chi connectivity index (χ0v) is 10.2. The molecule has 2 heterocycles. The van der Waals surface area contributed by atoms with Crippen LogP contribution in [-0.2, 0) is 4.79 Å². The zero-order chi connectivity index (χ0) is 11.8. The minimum absolute atomic E-state index is 0.158. The number of piperidine rings is 1. The number of amides is 1. The molecule has 1 amide bonds. The molecule has 0 saturated carbocycles. The molecule has 0 aromatic carbocycles. The number of hydrogen-bond acceptors (Lipinski definition) is 3. The van der Waals surface area contributed by atoms with Gasteiger partial charge in [0.2, 0.25) is 5.91 Å². The van der Waals surface area contributed by atoms with E-state index in [1.54, 1.807) is 0 Å². The number of carbonyl (C=O) groups excluding carboxylic acids is 1. The van der Waals surface area contributed by atoms with Crippen LogP contribution in [0.3, 0.4) is 0 Å². The molecule has 4 nitrogen and oxygen atoms in total. The van der Waals surface area contributed by atoms with Crippen molar-refractivity contribution in [3.8, 4) is 0 Å². The molecule has 2 rings (SSSR count). The van der Waals surface area contributed by atoms with Crippen molar-refractivity contribution in [2.45, 2.75) is 44.8 Å². The number of carbonyl (C=O) groups is 1. The van der Waals surface area contributed by atoms with Crippen LogP contribution >= 0.6 is 0 Å². The van der Waals surface area contributed by atoms with Crippen LogP contribution in [0.2, 0.25) is 0 Å². The van der Waals surface area contributed by atoms with Gasteiger partial charge in [-0.3, -0.25) is 4.79 Å². The van der Waals surface area contributed by atoms with E-state index in [9.17, 15) is 9.90 Å². The van der Waals surface area contributed by atoms with Crippen LogP contribution in [0.4, 0.5) is 0 Å². The van der Waals surface area contributed by atoms with Gasteiger partial charge >= 0.3 is 0 Å². The smallest absolute Gasteiger partial charge is 0.225 e. The first-order valence-corrected chi connectivity index (χ1v) is 6.22. The van der Waals surface area contributed by atoms with Crippen molar-refractivity contribution in [2.75, 3.05) is 19.6 Å². The van der Waals surface area contributed by atoms with E-state index < -0.39 is 5.60 Å². The highest BCUT2D eigenvalue weighted by Crippen LogP contribution is 2.25. The van der Waals surface area contributed by atoms with E-state index in [0.717, 1.165) is 19.4 Å². The molecule has 0 spiro atoms. The minimum atomic E-state index is -0.672. The van der Waals surface area contributed by atoms with Gasteiger partial charge < -0.3 is 15.3 Å². The summed E-state index contributed by atoms with van der Waals surface area (Å²) in [6.45, 7) is 6.08. The van der Waals surface area contributed by atoms with Crippen molar-refractivity contribution < 1.29 is 9.90 Å². The summed E-state index contributed by atoms with van der Waals surface area (Å²) in [6, 6.07) is 0.436. The molecule has 0 radical (unpaired) electrons. The van der Waals surface area contributed by atoms with Crippen molar-refractivity contribution in [1.82, 2.24) is 10.2 Å². The summed E-state index contributed by atoms with van der Waals surface area (Å²) in [4.78, 5) is 14.1. The fourth-order valence-electron chi connectivity index (χ4n) is 2.75. The number of β-amino-alcohol motifs (C(OH)–C–C–N with tert-alkyl or cyclic N) is 1. The Morgan fingerprint density at radius 1 is 1.56 bits per heavy atom. The lowest BCUT2D eigenvalue weighted by Gasteiger charge is -2.30. The first-order valence-electron chi connectivity index (χ1n) is 6.22. The molecule has 2 N–H and O–H groups in total. The van der Waals surface area contributed by atoms with Gasteiger partial charge in [0.25, 0.3) is 0 Å². The Morgan fingerprint density at radius 2 is 2.31 bits per heavy atom. The molecule has 2 aliphatic rings. The molecule has 0 bridgehead atoms. The second kappa shape index (κ2) is 4.34. The van der Waals surface area contributed by atoms with E-state index >= 15 is 0 Å². The van der Waals surface area contributed by atoms with Crippen LogP contribution in [0.1, 0.15) is 33.1 Å². The van der Waals surface area contributed by atoms with Crippen molar-refractivity contribution in [3.05, 3.63) is 0 Å². The van der Waals surface area contributed by atoms with Gasteiger partial charge in [-0.1, -0.05) is 0 Å². The standard InChI is InChI=1S/C12H22N2O2/c1-9-7-10(3-5-13-9)11(15)14-6-4-12(2,16)8-14/h9-10,13,16H,3-8H2,1-2H3. The first-order chi connectivity index (χ1) is 7.48.